The van der Waals surface area contributed by atoms with Gasteiger partial charge in [0.2, 0.25) is 0 Å². The standard InChI is InChI=1S/C13H17ClN2/c1-9(2)11(7-15)8-16-12-5-4-10(3)13(14)6-12/h4-6,9,11,16H,8H2,1-3H3. The Kier molecular flexibility index (Phi) is 4.64. The van der Waals surface area contributed by atoms with Gasteiger partial charge >= 0.3 is 0 Å². The molecule has 0 aromatic heterocycles. The SMILES string of the molecule is Cc1ccc(NCC(C#N)C(C)C)cc1Cl. The van der Waals surface area contributed by atoms with Crippen LogP contribution >= 0.6 is 11.6 Å². The van der Waals surface area contributed by atoms with E-state index in [2.05, 4.69) is 25.2 Å². The van der Waals surface area contributed by atoms with Crippen molar-refractivity contribution < 1.29 is 0 Å². The maximum atomic E-state index is 8.96. The van der Waals surface area contributed by atoms with Crippen LogP contribution < -0.4 is 5.32 Å². The first-order chi connectivity index (χ1) is 7.54. The monoisotopic (exact) mass is 236 g/mol. The van der Waals surface area contributed by atoms with E-state index in [4.69, 9.17) is 16.9 Å². The second kappa shape index (κ2) is 5.77. The van der Waals surface area contributed by atoms with Crippen LogP contribution in [0.5, 0.6) is 0 Å². The van der Waals surface area contributed by atoms with Crippen molar-refractivity contribution >= 4 is 17.3 Å². The molecule has 1 aromatic carbocycles. The van der Waals surface area contributed by atoms with Gasteiger partial charge in [-0.05, 0) is 30.5 Å². The fraction of sp³-hybridized carbons (Fsp3) is 0.462. The Balaban J connectivity index is 2.61. The summed E-state index contributed by atoms with van der Waals surface area (Å²) < 4.78 is 0. The van der Waals surface area contributed by atoms with Crippen LogP contribution in [0.4, 0.5) is 5.69 Å². The summed E-state index contributed by atoms with van der Waals surface area (Å²) in [6.45, 7) is 6.74. The lowest BCUT2D eigenvalue weighted by Crippen LogP contribution is -2.17. The molecule has 0 saturated heterocycles. The molecule has 16 heavy (non-hydrogen) atoms. The van der Waals surface area contributed by atoms with Gasteiger partial charge in [-0.2, -0.15) is 5.26 Å². The Hall–Kier alpha value is -1.20. The van der Waals surface area contributed by atoms with Crippen molar-refractivity contribution in [3.8, 4) is 6.07 Å². The lowest BCUT2D eigenvalue weighted by molar-refractivity contribution is 0.496. The molecule has 0 heterocycles. The molecule has 0 spiro atoms. The Bertz CT molecular complexity index is 393. The smallest absolute Gasteiger partial charge is 0.0677 e. The number of benzene rings is 1. The number of nitriles is 1. The molecule has 86 valence electrons. The summed E-state index contributed by atoms with van der Waals surface area (Å²) in [5.41, 5.74) is 2.03. The van der Waals surface area contributed by atoms with Crippen LogP contribution in [0.2, 0.25) is 5.02 Å². The summed E-state index contributed by atoms with van der Waals surface area (Å²) in [4.78, 5) is 0. The van der Waals surface area contributed by atoms with Crippen molar-refractivity contribution in [1.29, 1.82) is 5.26 Å². The Morgan fingerprint density at radius 3 is 2.62 bits per heavy atom. The summed E-state index contributed by atoms with van der Waals surface area (Å²) in [5.74, 6) is 0.387. The number of halogens is 1. The van der Waals surface area contributed by atoms with Crippen LogP contribution in [0, 0.1) is 30.1 Å². The summed E-state index contributed by atoms with van der Waals surface area (Å²) in [6.07, 6.45) is 0. The van der Waals surface area contributed by atoms with Gasteiger partial charge in [0.05, 0.1) is 12.0 Å². The average Bonchev–Trinajstić information content (AvgIpc) is 2.23. The summed E-state index contributed by atoms with van der Waals surface area (Å²) in [5, 5.41) is 12.9. The van der Waals surface area contributed by atoms with Crippen molar-refractivity contribution in [2.45, 2.75) is 20.8 Å². The first kappa shape index (κ1) is 12.9. The van der Waals surface area contributed by atoms with Gasteiger partial charge in [0.15, 0.2) is 0 Å². The molecule has 3 heteroatoms. The predicted molar refractivity (Wildman–Crippen MR) is 68.6 cm³/mol. The molecule has 1 unspecified atom stereocenters. The highest BCUT2D eigenvalue weighted by molar-refractivity contribution is 6.31. The maximum absolute atomic E-state index is 8.96. The average molecular weight is 237 g/mol. The highest BCUT2D eigenvalue weighted by atomic mass is 35.5. The number of aryl methyl sites for hydroxylation is 1. The molecule has 1 rings (SSSR count). The minimum absolute atomic E-state index is 0.0279. The fourth-order valence-electron chi connectivity index (χ4n) is 1.36. The first-order valence-corrected chi connectivity index (χ1v) is 5.82. The molecule has 0 fully saturated rings. The minimum atomic E-state index is 0.0279. The summed E-state index contributed by atoms with van der Waals surface area (Å²) >= 11 is 6.02. The molecule has 1 aromatic rings. The molecule has 1 atom stereocenters. The number of nitrogens with one attached hydrogen (secondary N) is 1. The molecule has 1 N–H and O–H groups in total. The highest BCUT2D eigenvalue weighted by Gasteiger charge is 2.11. The van der Waals surface area contributed by atoms with Gasteiger partial charge in [0, 0.05) is 17.3 Å². The molecule has 0 aliphatic heterocycles. The van der Waals surface area contributed by atoms with Crippen molar-refractivity contribution in [2.75, 3.05) is 11.9 Å². The van der Waals surface area contributed by atoms with Gasteiger partial charge in [-0.15, -0.1) is 0 Å². The van der Waals surface area contributed by atoms with Crippen LogP contribution in [0.1, 0.15) is 19.4 Å². The molecule has 0 saturated carbocycles. The van der Waals surface area contributed by atoms with Crippen molar-refractivity contribution in [1.82, 2.24) is 0 Å². The van der Waals surface area contributed by atoms with E-state index in [1.54, 1.807) is 0 Å². The zero-order valence-corrected chi connectivity index (χ0v) is 10.7. The van der Waals surface area contributed by atoms with E-state index in [-0.39, 0.29) is 5.92 Å². The van der Waals surface area contributed by atoms with Crippen LogP contribution in [0.25, 0.3) is 0 Å². The van der Waals surface area contributed by atoms with Crippen LogP contribution in [-0.2, 0) is 0 Å². The third-order valence-corrected chi connectivity index (χ3v) is 3.08. The minimum Gasteiger partial charge on any atom is -0.384 e. The van der Waals surface area contributed by atoms with Gasteiger partial charge in [-0.25, -0.2) is 0 Å². The Morgan fingerprint density at radius 2 is 2.12 bits per heavy atom. The summed E-state index contributed by atoms with van der Waals surface area (Å²) in [7, 11) is 0. The number of nitrogens with zero attached hydrogens (tertiary/aromatic N) is 1. The van der Waals surface area contributed by atoms with E-state index in [9.17, 15) is 0 Å². The van der Waals surface area contributed by atoms with Crippen LogP contribution in [-0.4, -0.2) is 6.54 Å². The lowest BCUT2D eigenvalue weighted by atomic mass is 9.97. The van der Waals surface area contributed by atoms with Gasteiger partial charge in [0.1, 0.15) is 0 Å². The van der Waals surface area contributed by atoms with Crippen LogP contribution in [0.3, 0.4) is 0 Å². The van der Waals surface area contributed by atoms with Crippen molar-refractivity contribution in [2.24, 2.45) is 11.8 Å². The molecule has 0 bridgehead atoms. The van der Waals surface area contributed by atoms with E-state index >= 15 is 0 Å². The zero-order chi connectivity index (χ0) is 12.1. The number of rotatable bonds is 4. The number of hydrogen-bond donors (Lipinski definition) is 1. The quantitative estimate of drug-likeness (QED) is 0.862. The summed E-state index contributed by atoms with van der Waals surface area (Å²) in [6, 6.07) is 8.15. The third kappa shape index (κ3) is 3.43. The number of anilines is 1. The number of hydrogen-bond acceptors (Lipinski definition) is 2. The second-order valence-electron chi connectivity index (χ2n) is 4.32. The Morgan fingerprint density at radius 1 is 1.44 bits per heavy atom. The molecular formula is C13H17ClN2. The molecule has 2 nitrogen and oxygen atoms in total. The molecule has 0 radical (unpaired) electrons. The molecule has 0 aliphatic carbocycles. The van der Waals surface area contributed by atoms with E-state index in [1.165, 1.54) is 0 Å². The predicted octanol–water partition coefficient (Wildman–Crippen LogP) is 3.86. The zero-order valence-electron chi connectivity index (χ0n) is 9.92. The molecule has 0 amide bonds. The lowest BCUT2D eigenvalue weighted by Gasteiger charge is -2.15. The highest BCUT2D eigenvalue weighted by Crippen LogP contribution is 2.20. The topological polar surface area (TPSA) is 35.8 Å². The largest absolute Gasteiger partial charge is 0.384 e. The van der Waals surface area contributed by atoms with Gasteiger partial charge in [-0.1, -0.05) is 31.5 Å². The van der Waals surface area contributed by atoms with E-state index < -0.39 is 0 Å². The maximum Gasteiger partial charge on any atom is 0.0677 e. The normalized spacial score (nSPS) is 12.2. The first-order valence-electron chi connectivity index (χ1n) is 5.44. The van der Waals surface area contributed by atoms with E-state index in [0.717, 1.165) is 16.3 Å². The van der Waals surface area contributed by atoms with Crippen molar-refractivity contribution in [3.05, 3.63) is 28.8 Å². The van der Waals surface area contributed by atoms with Crippen LogP contribution in [0.15, 0.2) is 18.2 Å². The molecule has 0 aliphatic rings. The van der Waals surface area contributed by atoms with Gasteiger partial charge in [-0.3, -0.25) is 0 Å². The van der Waals surface area contributed by atoms with E-state index in [0.29, 0.717) is 12.5 Å². The Labute approximate surface area is 102 Å². The van der Waals surface area contributed by atoms with Gasteiger partial charge < -0.3 is 5.32 Å². The fourth-order valence-corrected chi connectivity index (χ4v) is 1.54. The second-order valence-corrected chi connectivity index (χ2v) is 4.73. The third-order valence-electron chi connectivity index (χ3n) is 2.67. The molecular weight excluding hydrogens is 220 g/mol. The van der Waals surface area contributed by atoms with E-state index in [1.807, 2.05) is 25.1 Å². The van der Waals surface area contributed by atoms with Gasteiger partial charge in [0.25, 0.3) is 0 Å². The van der Waals surface area contributed by atoms with Crippen molar-refractivity contribution in [3.63, 3.8) is 0 Å².